The van der Waals surface area contributed by atoms with E-state index in [4.69, 9.17) is 4.74 Å². The van der Waals surface area contributed by atoms with Crippen LogP contribution < -0.4 is 10.2 Å². The number of anilines is 1. The topological polar surface area (TPSA) is 41.6 Å². The highest BCUT2D eigenvalue weighted by atomic mass is 35.5. The number of amides is 1. The molecular formula is C14H19ClN2O2. The van der Waals surface area contributed by atoms with Gasteiger partial charge in [-0.25, -0.2) is 4.79 Å². The first-order chi connectivity index (χ1) is 8.69. The van der Waals surface area contributed by atoms with Crippen molar-refractivity contribution in [2.24, 2.45) is 0 Å². The van der Waals surface area contributed by atoms with Gasteiger partial charge >= 0.3 is 6.09 Å². The van der Waals surface area contributed by atoms with Crippen LogP contribution in [-0.2, 0) is 4.74 Å². The predicted octanol–water partition coefficient (Wildman–Crippen LogP) is 2.50. The van der Waals surface area contributed by atoms with E-state index in [-0.39, 0.29) is 24.1 Å². The Morgan fingerprint density at radius 1 is 1.21 bits per heavy atom. The number of carbonyl (C=O) groups excluding carboxylic acids is 1. The molecule has 104 valence electrons. The number of aryl methyl sites for hydroxylation is 1. The molecule has 0 atom stereocenters. The smallest absolute Gasteiger partial charge is 0.415 e. The first-order valence-corrected chi connectivity index (χ1v) is 6.46. The Labute approximate surface area is 119 Å². The predicted molar refractivity (Wildman–Crippen MR) is 77.1 cm³/mol. The van der Waals surface area contributed by atoms with Crippen LogP contribution in [0.1, 0.15) is 18.4 Å². The fourth-order valence-electron chi connectivity index (χ4n) is 2.69. The molecule has 1 aromatic carbocycles. The van der Waals surface area contributed by atoms with Crippen LogP contribution in [0.25, 0.3) is 0 Å². The van der Waals surface area contributed by atoms with Crippen LogP contribution in [0.5, 0.6) is 0 Å². The van der Waals surface area contributed by atoms with Crippen molar-refractivity contribution < 1.29 is 9.53 Å². The number of nitrogens with zero attached hydrogens (tertiary/aromatic N) is 1. The molecule has 0 saturated carbocycles. The SMILES string of the molecule is Cc1ccc(N2CC3(CCNCC3)OC2=O)cc1.Cl. The van der Waals surface area contributed by atoms with E-state index in [2.05, 4.69) is 5.32 Å². The van der Waals surface area contributed by atoms with Crippen LogP contribution in [0, 0.1) is 6.92 Å². The van der Waals surface area contributed by atoms with Gasteiger partial charge in [0, 0.05) is 18.5 Å². The molecule has 0 unspecified atom stereocenters. The number of rotatable bonds is 1. The minimum Gasteiger partial charge on any atom is -0.441 e. The maximum Gasteiger partial charge on any atom is 0.415 e. The number of nitrogens with one attached hydrogen (secondary N) is 1. The van der Waals surface area contributed by atoms with E-state index < -0.39 is 0 Å². The van der Waals surface area contributed by atoms with Gasteiger partial charge in [-0.05, 0) is 32.1 Å². The molecule has 1 N–H and O–H groups in total. The third kappa shape index (κ3) is 2.69. The van der Waals surface area contributed by atoms with Crippen molar-refractivity contribution in [1.82, 2.24) is 5.32 Å². The Morgan fingerprint density at radius 3 is 2.47 bits per heavy atom. The molecule has 19 heavy (non-hydrogen) atoms. The number of ether oxygens (including phenoxy) is 1. The Balaban J connectivity index is 0.00000133. The highest BCUT2D eigenvalue weighted by Gasteiger charge is 2.46. The van der Waals surface area contributed by atoms with Crippen molar-refractivity contribution in [1.29, 1.82) is 0 Å². The Hall–Kier alpha value is -1.26. The molecule has 0 bridgehead atoms. The fourth-order valence-corrected chi connectivity index (χ4v) is 2.69. The van der Waals surface area contributed by atoms with E-state index in [0.717, 1.165) is 31.6 Å². The van der Waals surface area contributed by atoms with Crippen LogP contribution in [0.4, 0.5) is 10.5 Å². The van der Waals surface area contributed by atoms with E-state index in [1.807, 2.05) is 31.2 Å². The average molecular weight is 283 g/mol. The second-order valence-corrected chi connectivity index (χ2v) is 5.22. The number of carbonyl (C=O) groups is 1. The maximum atomic E-state index is 12.0. The third-order valence-electron chi connectivity index (χ3n) is 3.83. The van der Waals surface area contributed by atoms with Crippen LogP contribution in [-0.4, -0.2) is 31.3 Å². The summed E-state index contributed by atoms with van der Waals surface area (Å²) in [5, 5.41) is 3.30. The summed E-state index contributed by atoms with van der Waals surface area (Å²) in [6.45, 7) is 4.57. The molecule has 4 nitrogen and oxygen atoms in total. The van der Waals surface area contributed by atoms with Crippen molar-refractivity contribution in [2.45, 2.75) is 25.4 Å². The van der Waals surface area contributed by atoms with Gasteiger partial charge in [-0.1, -0.05) is 17.7 Å². The summed E-state index contributed by atoms with van der Waals surface area (Å²) in [5.41, 5.74) is 1.86. The van der Waals surface area contributed by atoms with Crippen molar-refractivity contribution in [3.8, 4) is 0 Å². The summed E-state index contributed by atoms with van der Waals surface area (Å²) in [6.07, 6.45) is 1.60. The van der Waals surface area contributed by atoms with Gasteiger partial charge in [0.15, 0.2) is 0 Å². The molecule has 0 aromatic heterocycles. The molecule has 2 heterocycles. The Morgan fingerprint density at radius 2 is 1.84 bits per heavy atom. The molecule has 2 saturated heterocycles. The molecule has 0 radical (unpaired) electrons. The van der Waals surface area contributed by atoms with Gasteiger partial charge < -0.3 is 10.1 Å². The zero-order valence-corrected chi connectivity index (χ0v) is 11.8. The lowest BCUT2D eigenvalue weighted by molar-refractivity contribution is 0.0316. The minimum absolute atomic E-state index is 0. The summed E-state index contributed by atoms with van der Waals surface area (Å²) < 4.78 is 5.63. The summed E-state index contributed by atoms with van der Waals surface area (Å²) >= 11 is 0. The Bertz CT molecular complexity index is 455. The van der Waals surface area contributed by atoms with Gasteiger partial charge in [0.1, 0.15) is 5.60 Å². The normalized spacial score (nSPS) is 21.1. The fraction of sp³-hybridized carbons (Fsp3) is 0.500. The number of hydrogen-bond donors (Lipinski definition) is 1. The van der Waals surface area contributed by atoms with E-state index in [9.17, 15) is 4.79 Å². The molecule has 2 aliphatic heterocycles. The summed E-state index contributed by atoms with van der Waals surface area (Å²) in [6, 6.07) is 8.01. The second kappa shape index (κ2) is 5.39. The number of halogens is 1. The van der Waals surface area contributed by atoms with E-state index in [1.54, 1.807) is 4.90 Å². The summed E-state index contributed by atoms with van der Waals surface area (Å²) in [4.78, 5) is 13.8. The first-order valence-electron chi connectivity index (χ1n) is 6.46. The molecule has 3 rings (SSSR count). The maximum absolute atomic E-state index is 12.0. The molecule has 5 heteroatoms. The molecule has 1 spiro atoms. The second-order valence-electron chi connectivity index (χ2n) is 5.22. The third-order valence-corrected chi connectivity index (χ3v) is 3.83. The van der Waals surface area contributed by atoms with Gasteiger partial charge in [0.2, 0.25) is 0 Å². The van der Waals surface area contributed by atoms with Gasteiger partial charge in [0.05, 0.1) is 6.54 Å². The zero-order valence-electron chi connectivity index (χ0n) is 11.0. The number of hydrogen-bond acceptors (Lipinski definition) is 3. The minimum atomic E-state index is -0.271. The van der Waals surface area contributed by atoms with E-state index in [0.29, 0.717) is 6.54 Å². The lowest BCUT2D eigenvalue weighted by atomic mass is 9.92. The zero-order chi connectivity index (χ0) is 12.6. The monoisotopic (exact) mass is 282 g/mol. The largest absolute Gasteiger partial charge is 0.441 e. The number of benzene rings is 1. The van der Waals surface area contributed by atoms with Crippen LogP contribution in [0.2, 0.25) is 0 Å². The average Bonchev–Trinajstić information content (AvgIpc) is 2.68. The lowest BCUT2D eigenvalue weighted by Crippen LogP contribution is -2.44. The summed E-state index contributed by atoms with van der Waals surface area (Å²) in [7, 11) is 0. The van der Waals surface area contributed by atoms with Crippen molar-refractivity contribution in [3.05, 3.63) is 29.8 Å². The first kappa shape index (κ1) is 14.2. The van der Waals surface area contributed by atoms with Crippen molar-refractivity contribution in [2.75, 3.05) is 24.5 Å². The quantitative estimate of drug-likeness (QED) is 0.860. The highest BCUT2D eigenvalue weighted by molar-refractivity contribution is 5.90. The van der Waals surface area contributed by atoms with Gasteiger partial charge in [-0.15, -0.1) is 12.4 Å². The standard InChI is InChI=1S/C14H18N2O2.ClH/c1-11-2-4-12(5-3-11)16-10-14(18-13(16)17)6-8-15-9-7-14;/h2-5,15H,6-10H2,1H3;1H. The molecule has 2 aliphatic rings. The van der Waals surface area contributed by atoms with Gasteiger partial charge in [0.25, 0.3) is 0 Å². The van der Waals surface area contributed by atoms with Crippen LogP contribution in [0.3, 0.4) is 0 Å². The number of piperidine rings is 1. The highest BCUT2D eigenvalue weighted by Crippen LogP contribution is 2.33. The van der Waals surface area contributed by atoms with E-state index >= 15 is 0 Å². The van der Waals surface area contributed by atoms with Gasteiger partial charge in [-0.2, -0.15) is 0 Å². The lowest BCUT2D eigenvalue weighted by Gasteiger charge is -2.31. The Kier molecular flexibility index (Phi) is 4.02. The van der Waals surface area contributed by atoms with Crippen LogP contribution in [0.15, 0.2) is 24.3 Å². The van der Waals surface area contributed by atoms with Crippen molar-refractivity contribution in [3.63, 3.8) is 0 Å². The van der Waals surface area contributed by atoms with E-state index in [1.165, 1.54) is 5.56 Å². The summed E-state index contributed by atoms with van der Waals surface area (Å²) in [5.74, 6) is 0. The molecule has 0 aliphatic carbocycles. The molecule has 1 aromatic rings. The molecule has 1 amide bonds. The van der Waals surface area contributed by atoms with Crippen molar-refractivity contribution >= 4 is 24.2 Å². The molecule has 2 fully saturated rings. The molecular weight excluding hydrogens is 264 g/mol. The van der Waals surface area contributed by atoms with Crippen LogP contribution >= 0.6 is 12.4 Å². The van der Waals surface area contributed by atoms with Gasteiger partial charge in [-0.3, -0.25) is 4.90 Å².